The molecule has 1 fully saturated rings. The zero-order chi connectivity index (χ0) is 8.27. The number of nitrogens with two attached hydrogens (primary N) is 1. The van der Waals surface area contributed by atoms with E-state index < -0.39 is 0 Å². The molecular weight excluding hydrogens is 144 g/mol. The fourth-order valence-corrected chi connectivity index (χ4v) is 1.74. The van der Waals surface area contributed by atoms with E-state index in [2.05, 4.69) is 0 Å². The Morgan fingerprint density at radius 2 is 2.09 bits per heavy atom. The molecule has 0 saturated heterocycles. The summed E-state index contributed by atoms with van der Waals surface area (Å²) in [4.78, 5) is 10.3. The van der Waals surface area contributed by atoms with Crippen LogP contribution in [0, 0.1) is 16.0 Å². The van der Waals surface area contributed by atoms with Crippen molar-refractivity contribution >= 4 is 0 Å². The fraction of sp³-hybridized carbons (Fsp3) is 1.00. The first-order chi connectivity index (χ1) is 5.25. The van der Waals surface area contributed by atoms with Crippen LogP contribution in [-0.4, -0.2) is 17.5 Å². The third-order valence-electron chi connectivity index (χ3n) is 2.44. The van der Waals surface area contributed by atoms with Crippen molar-refractivity contribution in [2.24, 2.45) is 11.7 Å². The number of hydrogen-bond donors (Lipinski definition) is 1. The fourth-order valence-electron chi connectivity index (χ4n) is 1.74. The van der Waals surface area contributed by atoms with Crippen molar-refractivity contribution in [3.8, 4) is 0 Å². The molecule has 0 radical (unpaired) electrons. The first kappa shape index (κ1) is 8.46. The molecule has 11 heavy (non-hydrogen) atoms. The van der Waals surface area contributed by atoms with Crippen LogP contribution in [0.15, 0.2) is 0 Å². The smallest absolute Gasteiger partial charge is 0.217 e. The molecule has 64 valence electrons. The predicted octanol–water partition coefficient (Wildman–Crippen LogP) is 0.781. The molecule has 1 saturated carbocycles. The van der Waals surface area contributed by atoms with Crippen molar-refractivity contribution < 1.29 is 4.92 Å². The second-order valence-electron chi connectivity index (χ2n) is 3.13. The zero-order valence-corrected chi connectivity index (χ0v) is 6.53. The molecule has 2 atom stereocenters. The van der Waals surface area contributed by atoms with Gasteiger partial charge in [-0.2, -0.15) is 0 Å². The van der Waals surface area contributed by atoms with E-state index in [1.54, 1.807) is 0 Å². The molecule has 0 heterocycles. The van der Waals surface area contributed by atoms with Crippen LogP contribution in [-0.2, 0) is 0 Å². The van der Waals surface area contributed by atoms with Gasteiger partial charge in [-0.05, 0) is 12.8 Å². The first-order valence-corrected chi connectivity index (χ1v) is 4.09. The van der Waals surface area contributed by atoms with Gasteiger partial charge in [-0.15, -0.1) is 0 Å². The van der Waals surface area contributed by atoms with Crippen molar-refractivity contribution in [1.29, 1.82) is 0 Å². The summed E-state index contributed by atoms with van der Waals surface area (Å²) in [6.45, 7) is 0.464. The van der Waals surface area contributed by atoms with Crippen LogP contribution < -0.4 is 5.73 Å². The Labute approximate surface area is 65.9 Å². The predicted molar refractivity (Wildman–Crippen MR) is 41.8 cm³/mol. The minimum Gasteiger partial charge on any atom is -0.330 e. The van der Waals surface area contributed by atoms with Gasteiger partial charge in [-0.1, -0.05) is 6.42 Å². The average molecular weight is 158 g/mol. The summed E-state index contributed by atoms with van der Waals surface area (Å²) in [7, 11) is 0. The molecule has 2 unspecified atom stereocenters. The molecule has 0 aliphatic heterocycles. The van der Waals surface area contributed by atoms with Crippen LogP contribution in [0.3, 0.4) is 0 Å². The minimum atomic E-state index is -0.367. The molecule has 0 aromatic carbocycles. The van der Waals surface area contributed by atoms with Crippen LogP contribution >= 0.6 is 0 Å². The van der Waals surface area contributed by atoms with E-state index in [4.69, 9.17) is 5.73 Å². The molecule has 0 bridgehead atoms. The molecule has 1 aliphatic rings. The maximum atomic E-state index is 10.5. The van der Waals surface area contributed by atoms with Crippen LogP contribution in [0.5, 0.6) is 0 Å². The Morgan fingerprint density at radius 3 is 2.55 bits per heavy atom. The van der Waals surface area contributed by atoms with Gasteiger partial charge in [0.1, 0.15) is 0 Å². The molecule has 1 rings (SSSR count). The van der Waals surface area contributed by atoms with E-state index in [-0.39, 0.29) is 16.9 Å². The number of rotatable bonds is 2. The molecule has 4 nitrogen and oxygen atoms in total. The van der Waals surface area contributed by atoms with Crippen molar-refractivity contribution in [1.82, 2.24) is 0 Å². The molecular formula is C7H14N2O2. The number of nitrogens with zero attached hydrogens (tertiary/aromatic N) is 1. The highest BCUT2D eigenvalue weighted by Crippen LogP contribution is 2.25. The van der Waals surface area contributed by atoms with Crippen molar-refractivity contribution in [3.05, 3.63) is 10.1 Å². The van der Waals surface area contributed by atoms with Gasteiger partial charge in [0, 0.05) is 23.8 Å². The van der Waals surface area contributed by atoms with Crippen LogP contribution in [0.25, 0.3) is 0 Å². The van der Waals surface area contributed by atoms with Crippen molar-refractivity contribution in [2.45, 2.75) is 31.7 Å². The van der Waals surface area contributed by atoms with Gasteiger partial charge in [0.05, 0.1) is 0 Å². The largest absolute Gasteiger partial charge is 0.330 e. The monoisotopic (exact) mass is 158 g/mol. The Bertz CT molecular complexity index is 149. The minimum absolute atomic E-state index is 0.124. The van der Waals surface area contributed by atoms with Crippen molar-refractivity contribution in [3.63, 3.8) is 0 Å². The molecule has 1 aliphatic carbocycles. The van der Waals surface area contributed by atoms with E-state index in [9.17, 15) is 10.1 Å². The van der Waals surface area contributed by atoms with Crippen molar-refractivity contribution in [2.75, 3.05) is 6.54 Å². The topological polar surface area (TPSA) is 69.2 Å². The Morgan fingerprint density at radius 1 is 1.45 bits per heavy atom. The standard InChI is InChI=1S/C7H14N2O2/c8-5-6-3-1-2-4-7(6)9(10)11/h6-7H,1-5,8H2. The van der Waals surface area contributed by atoms with Gasteiger partial charge in [-0.3, -0.25) is 10.1 Å². The van der Waals surface area contributed by atoms with Crippen LogP contribution in [0.4, 0.5) is 0 Å². The number of hydrogen-bond acceptors (Lipinski definition) is 3. The summed E-state index contributed by atoms with van der Waals surface area (Å²) in [5, 5.41) is 10.5. The van der Waals surface area contributed by atoms with Crippen LogP contribution in [0.1, 0.15) is 25.7 Å². The lowest BCUT2D eigenvalue weighted by Gasteiger charge is -2.23. The van der Waals surface area contributed by atoms with E-state index >= 15 is 0 Å². The summed E-state index contributed by atoms with van der Waals surface area (Å²) in [6, 6.07) is -0.367. The Balaban J connectivity index is 2.51. The maximum absolute atomic E-state index is 10.5. The average Bonchev–Trinajstić information content (AvgIpc) is 2.04. The highest BCUT2D eigenvalue weighted by atomic mass is 16.6. The van der Waals surface area contributed by atoms with Crippen LogP contribution in [0.2, 0.25) is 0 Å². The van der Waals surface area contributed by atoms with Gasteiger partial charge in [0.15, 0.2) is 0 Å². The second kappa shape index (κ2) is 3.67. The van der Waals surface area contributed by atoms with E-state index in [1.165, 1.54) is 0 Å². The maximum Gasteiger partial charge on any atom is 0.217 e. The Hall–Kier alpha value is -0.640. The van der Waals surface area contributed by atoms with Gasteiger partial charge < -0.3 is 5.73 Å². The van der Waals surface area contributed by atoms with Gasteiger partial charge >= 0.3 is 0 Å². The molecule has 0 spiro atoms. The summed E-state index contributed by atoms with van der Waals surface area (Å²) in [5.41, 5.74) is 5.43. The molecule has 0 amide bonds. The summed E-state index contributed by atoms with van der Waals surface area (Å²) in [5.74, 6) is 0.124. The van der Waals surface area contributed by atoms with E-state index in [0.29, 0.717) is 6.54 Å². The summed E-state index contributed by atoms with van der Waals surface area (Å²) < 4.78 is 0. The van der Waals surface area contributed by atoms with E-state index in [0.717, 1.165) is 25.7 Å². The third-order valence-corrected chi connectivity index (χ3v) is 2.44. The summed E-state index contributed by atoms with van der Waals surface area (Å²) in [6.07, 6.45) is 3.74. The SMILES string of the molecule is NCC1CCCCC1[N+](=O)[O-]. The van der Waals surface area contributed by atoms with E-state index in [1.807, 2.05) is 0 Å². The van der Waals surface area contributed by atoms with Gasteiger partial charge in [0.2, 0.25) is 6.04 Å². The molecule has 4 heteroatoms. The van der Waals surface area contributed by atoms with Gasteiger partial charge in [-0.25, -0.2) is 0 Å². The molecule has 2 N–H and O–H groups in total. The highest BCUT2D eigenvalue weighted by molar-refractivity contribution is 4.75. The quantitative estimate of drug-likeness (QED) is 0.477. The second-order valence-corrected chi connectivity index (χ2v) is 3.13. The lowest BCUT2D eigenvalue weighted by molar-refractivity contribution is -0.535. The Kier molecular flexibility index (Phi) is 2.82. The first-order valence-electron chi connectivity index (χ1n) is 4.09. The zero-order valence-electron chi connectivity index (χ0n) is 6.53. The summed E-state index contributed by atoms with van der Waals surface area (Å²) >= 11 is 0. The lowest BCUT2D eigenvalue weighted by atomic mass is 9.85. The normalized spacial score (nSPS) is 31.7. The third kappa shape index (κ3) is 1.89. The highest BCUT2D eigenvalue weighted by Gasteiger charge is 2.32. The lowest BCUT2D eigenvalue weighted by Crippen LogP contribution is -2.36. The molecule has 0 aromatic rings. The molecule has 0 aromatic heterocycles. The van der Waals surface area contributed by atoms with Gasteiger partial charge in [0.25, 0.3) is 0 Å². The number of nitro groups is 1.